The molecule has 0 amide bonds. The summed E-state index contributed by atoms with van der Waals surface area (Å²) in [6.45, 7) is 1.92. The highest BCUT2D eigenvalue weighted by Gasteiger charge is 2.30. The third-order valence-corrected chi connectivity index (χ3v) is 3.50. The number of alkyl halides is 3. The molecule has 0 saturated carbocycles. The van der Waals surface area contributed by atoms with E-state index in [0.29, 0.717) is 6.42 Å². The van der Waals surface area contributed by atoms with Crippen LogP contribution in [0.15, 0.2) is 30.5 Å². The Morgan fingerprint density at radius 2 is 1.86 bits per heavy atom. The van der Waals surface area contributed by atoms with Gasteiger partial charge in [-0.2, -0.15) is 18.3 Å². The van der Waals surface area contributed by atoms with Crippen LogP contribution in [0.25, 0.3) is 0 Å². The summed E-state index contributed by atoms with van der Waals surface area (Å²) in [5.74, 6) is 0. The molecule has 0 aliphatic carbocycles. The zero-order valence-corrected chi connectivity index (χ0v) is 12.2. The van der Waals surface area contributed by atoms with Crippen molar-refractivity contribution in [2.24, 2.45) is 7.05 Å². The Labute approximate surface area is 121 Å². The van der Waals surface area contributed by atoms with Crippen LogP contribution in [-0.2, 0) is 19.6 Å². The smallest absolute Gasteiger partial charge is 0.313 e. The number of likely N-dealkylation sites (N-methyl/N-ethyl adjacent to an activating group) is 1. The van der Waals surface area contributed by atoms with E-state index in [1.165, 1.54) is 12.1 Å². The maximum absolute atomic E-state index is 12.5. The number of nitrogens with one attached hydrogen (secondary N) is 1. The van der Waals surface area contributed by atoms with Crippen molar-refractivity contribution < 1.29 is 13.2 Å². The van der Waals surface area contributed by atoms with Gasteiger partial charge in [0.05, 0.1) is 11.3 Å². The summed E-state index contributed by atoms with van der Waals surface area (Å²) in [6.07, 6.45) is -1.75. The van der Waals surface area contributed by atoms with Crippen molar-refractivity contribution in [2.75, 3.05) is 7.05 Å². The van der Waals surface area contributed by atoms with Gasteiger partial charge in [0.25, 0.3) is 0 Å². The van der Waals surface area contributed by atoms with E-state index >= 15 is 0 Å². The highest BCUT2D eigenvalue weighted by atomic mass is 19.4. The standard InChI is InChI=1S/C15H18F3N3/c1-10-13(9-21(3)20-10)14(19-2)8-11-4-6-12(7-5-11)15(16,17)18/h4-7,9,14,19H,8H2,1-3H3. The van der Waals surface area contributed by atoms with Crippen molar-refractivity contribution in [3.63, 3.8) is 0 Å². The lowest BCUT2D eigenvalue weighted by atomic mass is 9.99. The summed E-state index contributed by atoms with van der Waals surface area (Å²) in [7, 11) is 3.68. The van der Waals surface area contributed by atoms with Crippen LogP contribution < -0.4 is 5.32 Å². The Bertz CT molecular complexity index is 600. The first kappa shape index (κ1) is 15.6. The lowest BCUT2D eigenvalue weighted by Gasteiger charge is -2.16. The summed E-state index contributed by atoms with van der Waals surface area (Å²) in [6, 6.07) is 5.32. The fraction of sp³-hybridized carbons (Fsp3) is 0.400. The monoisotopic (exact) mass is 297 g/mol. The van der Waals surface area contributed by atoms with Crippen LogP contribution in [0.4, 0.5) is 13.2 Å². The number of aromatic nitrogens is 2. The molecule has 0 radical (unpaired) electrons. The minimum Gasteiger partial charge on any atom is -0.313 e. The van der Waals surface area contributed by atoms with Gasteiger partial charge < -0.3 is 5.32 Å². The molecule has 1 atom stereocenters. The minimum absolute atomic E-state index is 0.0236. The van der Waals surface area contributed by atoms with Crippen LogP contribution in [0.5, 0.6) is 0 Å². The average molecular weight is 297 g/mol. The Hall–Kier alpha value is -1.82. The van der Waals surface area contributed by atoms with Crippen LogP contribution in [0.3, 0.4) is 0 Å². The Morgan fingerprint density at radius 1 is 1.24 bits per heavy atom. The van der Waals surface area contributed by atoms with Gasteiger partial charge in [-0.3, -0.25) is 4.68 Å². The van der Waals surface area contributed by atoms with Gasteiger partial charge in [-0.25, -0.2) is 0 Å². The molecular formula is C15H18F3N3. The first-order valence-corrected chi connectivity index (χ1v) is 6.65. The summed E-state index contributed by atoms with van der Waals surface area (Å²) < 4.78 is 39.4. The van der Waals surface area contributed by atoms with Crippen molar-refractivity contribution in [1.29, 1.82) is 0 Å². The molecule has 21 heavy (non-hydrogen) atoms. The van der Waals surface area contributed by atoms with Crippen molar-refractivity contribution in [1.82, 2.24) is 15.1 Å². The number of rotatable bonds is 4. The van der Waals surface area contributed by atoms with Gasteiger partial charge in [0.2, 0.25) is 0 Å². The first-order valence-electron chi connectivity index (χ1n) is 6.65. The largest absolute Gasteiger partial charge is 0.416 e. The Kier molecular flexibility index (Phi) is 4.37. The molecule has 1 heterocycles. The topological polar surface area (TPSA) is 29.9 Å². The molecule has 1 unspecified atom stereocenters. The Morgan fingerprint density at radius 3 is 2.29 bits per heavy atom. The number of benzene rings is 1. The zero-order chi connectivity index (χ0) is 15.6. The third kappa shape index (κ3) is 3.64. The zero-order valence-electron chi connectivity index (χ0n) is 12.2. The molecule has 6 heteroatoms. The van der Waals surface area contributed by atoms with Gasteiger partial charge >= 0.3 is 6.18 Å². The van der Waals surface area contributed by atoms with Gasteiger partial charge in [-0.05, 0) is 38.1 Å². The summed E-state index contributed by atoms with van der Waals surface area (Å²) in [5, 5.41) is 7.49. The van der Waals surface area contributed by atoms with Crippen LogP contribution in [0, 0.1) is 6.92 Å². The summed E-state index contributed by atoms with van der Waals surface area (Å²) in [4.78, 5) is 0. The van der Waals surface area contributed by atoms with Crippen LogP contribution >= 0.6 is 0 Å². The molecule has 2 rings (SSSR count). The average Bonchev–Trinajstić information content (AvgIpc) is 2.74. The minimum atomic E-state index is -4.29. The molecule has 0 aliphatic heterocycles. The molecule has 1 aromatic carbocycles. The molecule has 1 N–H and O–H groups in total. The molecular weight excluding hydrogens is 279 g/mol. The van der Waals surface area contributed by atoms with E-state index in [0.717, 1.165) is 29.0 Å². The predicted octanol–water partition coefficient (Wildman–Crippen LogP) is 3.25. The van der Waals surface area contributed by atoms with Crippen molar-refractivity contribution in [3.05, 3.63) is 52.8 Å². The lowest BCUT2D eigenvalue weighted by Crippen LogP contribution is -2.19. The molecule has 0 bridgehead atoms. The van der Waals surface area contributed by atoms with Crippen molar-refractivity contribution >= 4 is 0 Å². The van der Waals surface area contributed by atoms with E-state index in [1.807, 2.05) is 27.2 Å². The molecule has 0 saturated heterocycles. The maximum Gasteiger partial charge on any atom is 0.416 e. The van der Waals surface area contributed by atoms with Crippen molar-refractivity contribution in [2.45, 2.75) is 25.6 Å². The molecule has 0 aliphatic rings. The quantitative estimate of drug-likeness (QED) is 0.939. The third-order valence-electron chi connectivity index (χ3n) is 3.50. The summed E-state index contributed by atoms with van der Waals surface area (Å²) in [5.41, 5.74) is 2.21. The molecule has 2 aromatic rings. The Balaban J connectivity index is 2.17. The fourth-order valence-electron chi connectivity index (χ4n) is 2.39. The molecule has 0 fully saturated rings. The molecule has 0 spiro atoms. The van der Waals surface area contributed by atoms with E-state index in [-0.39, 0.29) is 6.04 Å². The number of aryl methyl sites for hydroxylation is 2. The second kappa shape index (κ2) is 5.89. The number of hydrogen-bond donors (Lipinski definition) is 1. The highest BCUT2D eigenvalue weighted by molar-refractivity contribution is 5.28. The van der Waals surface area contributed by atoms with Gasteiger partial charge in [-0.1, -0.05) is 12.1 Å². The van der Waals surface area contributed by atoms with Gasteiger partial charge in [-0.15, -0.1) is 0 Å². The second-order valence-corrected chi connectivity index (χ2v) is 5.08. The van der Waals surface area contributed by atoms with Crippen molar-refractivity contribution in [3.8, 4) is 0 Å². The molecule has 3 nitrogen and oxygen atoms in total. The molecule has 114 valence electrons. The number of hydrogen-bond acceptors (Lipinski definition) is 2. The van der Waals surface area contributed by atoms with Crippen LogP contribution in [-0.4, -0.2) is 16.8 Å². The van der Waals surface area contributed by atoms with Gasteiger partial charge in [0.1, 0.15) is 0 Å². The first-order chi connectivity index (χ1) is 9.81. The second-order valence-electron chi connectivity index (χ2n) is 5.08. The SMILES string of the molecule is CNC(Cc1ccc(C(F)(F)F)cc1)c1cn(C)nc1C. The van der Waals surface area contributed by atoms with Gasteiger partial charge in [0, 0.05) is 24.8 Å². The maximum atomic E-state index is 12.5. The van der Waals surface area contributed by atoms with E-state index in [2.05, 4.69) is 10.4 Å². The predicted molar refractivity (Wildman–Crippen MR) is 74.9 cm³/mol. The molecule has 1 aromatic heterocycles. The number of nitrogens with zero attached hydrogens (tertiary/aromatic N) is 2. The van der Waals surface area contributed by atoms with E-state index < -0.39 is 11.7 Å². The highest BCUT2D eigenvalue weighted by Crippen LogP contribution is 2.30. The van der Waals surface area contributed by atoms with E-state index in [4.69, 9.17) is 0 Å². The van der Waals surface area contributed by atoms with Crippen LogP contribution in [0.1, 0.15) is 28.4 Å². The van der Waals surface area contributed by atoms with Gasteiger partial charge in [0.15, 0.2) is 0 Å². The fourth-order valence-corrected chi connectivity index (χ4v) is 2.39. The van der Waals surface area contributed by atoms with Crippen LogP contribution in [0.2, 0.25) is 0 Å². The lowest BCUT2D eigenvalue weighted by molar-refractivity contribution is -0.137. The van der Waals surface area contributed by atoms with E-state index in [9.17, 15) is 13.2 Å². The number of halogens is 3. The normalized spacial score (nSPS) is 13.4. The van der Waals surface area contributed by atoms with E-state index in [1.54, 1.807) is 4.68 Å². The summed E-state index contributed by atoms with van der Waals surface area (Å²) >= 11 is 0.